The number of thioether (sulfide) groups is 1. The lowest BCUT2D eigenvalue weighted by molar-refractivity contribution is 0.247. The van der Waals surface area contributed by atoms with E-state index in [9.17, 15) is 0 Å². The van der Waals surface area contributed by atoms with Crippen LogP contribution in [0.3, 0.4) is 0 Å². The molecule has 0 amide bonds. The summed E-state index contributed by atoms with van der Waals surface area (Å²) in [6.07, 6.45) is 3.42. The quantitative estimate of drug-likeness (QED) is 0.568. The third kappa shape index (κ3) is 2.79. The molecule has 1 N–H and O–H groups in total. The van der Waals surface area contributed by atoms with Crippen LogP contribution in [0.4, 0.5) is 0 Å². The highest BCUT2D eigenvalue weighted by Crippen LogP contribution is 2.56. The van der Waals surface area contributed by atoms with Gasteiger partial charge < -0.3 is 10.2 Å². The molecule has 27 heavy (non-hydrogen) atoms. The number of halogens is 3. The molecule has 1 saturated carbocycles. The van der Waals surface area contributed by atoms with Crippen molar-refractivity contribution < 1.29 is 0 Å². The summed E-state index contributed by atoms with van der Waals surface area (Å²) in [7, 11) is 0. The maximum atomic E-state index is 6.38. The van der Waals surface area contributed by atoms with E-state index in [1.807, 2.05) is 36.0 Å². The average molecular weight is 436 g/mol. The van der Waals surface area contributed by atoms with E-state index in [4.69, 9.17) is 34.8 Å². The van der Waals surface area contributed by atoms with Crippen molar-refractivity contribution in [2.75, 3.05) is 5.88 Å². The van der Waals surface area contributed by atoms with Crippen LogP contribution in [0.15, 0.2) is 59.4 Å². The summed E-state index contributed by atoms with van der Waals surface area (Å²) >= 11 is 20.5. The first-order chi connectivity index (χ1) is 13.1. The molecule has 0 unspecified atom stereocenters. The van der Waals surface area contributed by atoms with E-state index in [1.54, 1.807) is 0 Å². The number of hydrogen-bond donors (Lipinski definition) is 1. The first-order valence-electron chi connectivity index (χ1n) is 8.91. The van der Waals surface area contributed by atoms with Crippen molar-refractivity contribution in [2.24, 2.45) is 0 Å². The molecule has 0 aromatic heterocycles. The number of benzene rings is 2. The molecule has 3 aliphatic rings. The fourth-order valence-electron chi connectivity index (χ4n) is 4.24. The SMILES string of the molecule is Clc1ccc(C2=C(C3(c4ccc(Cl)c(Cl)c4)CCC3)N3CSC=C3N2)cc1. The smallest absolute Gasteiger partial charge is 0.117 e. The number of rotatable bonds is 3. The van der Waals surface area contributed by atoms with Crippen LogP contribution in [0.25, 0.3) is 5.70 Å². The first-order valence-corrected chi connectivity index (χ1v) is 11.1. The Bertz CT molecular complexity index is 977. The predicted octanol–water partition coefficient (Wildman–Crippen LogP) is 6.85. The molecule has 0 saturated heterocycles. The Labute approximate surface area is 178 Å². The first kappa shape index (κ1) is 17.8. The molecule has 1 aliphatic carbocycles. The maximum Gasteiger partial charge on any atom is 0.117 e. The highest BCUT2D eigenvalue weighted by molar-refractivity contribution is 8.02. The Morgan fingerprint density at radius 3 is 2.41 bits per heavy atom. The summed E-state index contributed by atoms with van der Waals surface area (Å²) in [6, 6.07) is 14.2. The van der Waals surface area contributed by atoms with Gasteiger partial charge in [0.05, 0.1) is 27.3 Å². The van der Waals surface area contributed by atoms with Crippen molar-refractivity contribution in [1.82, 2.24) is 10.2 Å². The standard InChI is InChI=1S/C21H17Cl3N2S/c22-15-5-2-13(3-6-15)19-20(26-12-27-11-18(26)25-19)21(8-1-9-21)14-4-7-16(23)17(24)10-14/h2-7,10-11,25H,1,8-9,12H2. The van der Waals surface area contributed by atoms with Crippen LogP contribution in [0.5, 0.6) is 0 Å². The number of hydrogen-bond acceptors (Lipinski definition) is 3. The zero-order valence-electron chi connectivity index (χ0n) is 14.4. The van der Waals surface area contributed by atoms with Crippen molar-refractivity contribution in [3.05, 3.63) is 85.6 Å². The van der Waals surface area contributed by atoms with Gasteiger partial charge in [0, 0.05) is 15.8 Å². The van der Waals surface area contributed by atoms with Gasteiger partial charge in [-0.3, -0.25) is 0 Å². The molecule has 0 bridgehead atoms. The molecule has 0 radical (unpaired) electrons. The minimum absolute atomic E-state index is 0.0450. The second-order valence-corrected chi connectivity index (χ2v) is 9.23. The number of nitrogens with zero attached hydrogens (tertiary/aromatic N) is 1. The van der Waals surface area contributed by atoms with Gasteiger partial charge in [-0.15, -0.1) is 11.8 Å². The van der Waals surface area contributed by atoms with Crippen molar-refractivity contribution in [2.45, 2.75) is 24.7 Å². The van der Waals surface area contributed by atoms with Gasteiger partial charge in [-0.2, -0.15) is 0 Å². The van der Waals surface area contributed by atoms with Gasteiger partial charge in [0.15, 0.2) is 0 Å². The van der Waals surface area contributed by atoms with E-state index in [1.165, 1.54) is 23.4 Å². The van der Waals surface area contributed by atoms with E-state index < -0.39 is 0 Å². The molecule has 0 atom stereocenters. The molecular formula is C21H17Cl3N2S. The van der Waals surface area contributed by atoms with Crippen molar-refractivity contribution in [3.8, 4) is 0 Å². The zero-order valence-corrected chi connectivity index (χ0v) is 17.5. The van der Waals surface area contributed by atoms with Crippen LogP contribution in [0.2, 0.25) is 15.1 Å². The van der Waals surface area contributed by atoms with E-state index in [-0.39, 0.29) is 5.41 Å². The Kier molecular flexibility index (Phi) is 4.40. The molecule has 138 valence electrons. The Balaban J connectivity index is 1.70. The fraction of sp³-hybridized carbons (Fsp3) is 0.238. The van der Waals surface area contributed by atoms with Gasteiger partial charge in [0.25, 0.3) is 0 Å². The Morgan fingerprint density at radius 1 is 0.963 bits per heavy atom. The van der Waals surface area contributed by atoms with E-state index >= 15 is 0 Å². The molecule has 2 aromatic carbocycles. The van der Waals surface area contributed by atoms with Crippen LogP contribution in [0.1, 0.15) is 30.4 Å². The van der Waals surface area contributed by atoms with E-state index in [0.717, 1.165) is 35.1 Å². The minimum atomic E-state index is -0.0450. The number of fused-ring (bicyclic) bond motifs is 1. The summed E-state index contributed by atoms with van der Waals surface area (Å²) in [5.41, 5.74) is 4.86. The topological polar surface area (TPSA) is 15.3 Å². The third-order valence-corrected chi connectivity index (χ3v) is 7.50. The normalized spacial score (nSPS) is 20.3. The van der Waals surface area contributed by atoms with Crippen LogP contribution >= 0.6 is 46.6 Å². The third-order valence-electron chi connectivity index (χ3n) is 5.71. The van der Waals surface area contributed by atoms with Crippen molar-refractivity contribution >= 4 is 52.3 Å². The lowest BCUT2D eigenvalue weighted by atomic mass is 9.61. The minimum Gasteiger partial charge on any atom is -0.339 e. The molecule has 2 aliphatic heterocycles. The Hall–Kier alpha value is -1.26. The van der Waals surface area contributed by atoms with Gasteiger partial charge >= 0.3 is 0 Å². The lowest BCUT2D eigenvalue weighted by Gasteiger charge is -2.46. The predicted molar refractivity (Wildman–Crippen MR) is 116 cm³/mol. The fourth-order valence-corrected chi connectivity index (χ4v) is 5.50. The summed E-state index contributed by atoms with van der Waals surface area (Å²) < 4.78 is 0. The van der Waals surface area contributed by atoms with Gasteiger partial charge in [-0.25, -0.2) is 0 Å². The second kappa shape index (κ2) is 6.66. The molecular weight excluding hydrogens is 419 g/mol. The second-order valence-electron chi connectivity index (χ2n) is 7.15. The van der Waals surface area contributed by atoms with Gasteiger partial charge in [-0.05, 0) is 48.2 Å². The van der Waals surface area contributed by atoms with Gasteiger partial charge in [0.2, 0.25) is 0 Å². The van der Waals surface area contributed by atoms with Crippen LogP contribution in [-0.2, 0) is 5.41 Å². The van der Waals surface area contributed by atoms with E-state index in [2.05, 4.69) is 33.8 Å². The Morgan fingerprint density at radius 2 is 1.74 bits per heavy atom. The van der Waals surface area contributed by atoms with Gasteiger partial charge in [-0.1, -0.05) is 59.4 Å². The maximum absolute atomic E-state index is 6.38. The monoisotopic (exact) mass is 434 g/mol. The zero-order chi connectivity index (χ0) is 18.6. The number of nitrogens with one attached hydrogen (secondary N) is 1. The summed E-state index contributed by atoms with van der Waals surface area (Å²) in [4.78, 5) is 2.41. The number of allylic oxidation sites excluding steroid dienone is 1. The van der Waals surface area contributed by atoms with Crippen LogP contribution in [0, 0.1) is 0 Å². The molecule has 1 fully saturated rings. The molecule has 0 spiro atoms. The molecule has 2 nitrogen and oxygen atoms in total. The average Bonchev–Trinajstić information content (AvgIpc) is 3.20. The van der Waals surface area contributed by atoms with Crippen LogP contribution in [-0.4, -0.2) is 10.8 Å². The summed E-state index contributed by atoms with van der Waals surface area (Å²) in [5.74, 6) is 2.09. The molecule has 2 aromatic rings. The summed E-state index contributed by atoms with van der Waals surface area (Å²) in [5, 5.41) is 7.82. The molecule has 2 heterocycles. The molecule has 6 heteroatoms. The summed E-state index contributed by atoms with van der Waals surface area (Å²) in [6.45, 7) is 0. The van der Waals surface area contributed by atoms with E-state index in [0.29, 0.717) is 10.0 Å². The molecule has 5 rings (SSSR count). The van der Waals surface area contributed by atoms with Crippen molar-refractivity contribution in [3.63, 3.8) is 0 Å². The van der Waals surface area contributed by atoms with Gasteiger partial charge in [0.1, 0.15) is 5.82 Å². The highest BCUT2D eigenvalue weighted by Gasteiger charge is 2.49. The lowest BCUT2D eigenvalue weighted by Crippen LogP contribution is -2.41. The van der Waals surface area contributed by atoms with Crippen LogP contribution < -0.4 is 5.32 Å². The highest BCUT2D eigenvalue weighted by atomic mass is 35.5. The van der Waals surface area contributed by atoms with Crippen molar-refractivity contribution in [1.29, 1.82) is 0 Å². The largest absolute Gasteiger partial charge is 0.339 e.